The van der Waals surface area contributed by atoms with E-state index in [1.54, 1.807) is 12.1 Å². The summed E-state index contributed by atoms with van der Waals surface area (Å²) in [5, 5.41) is 2.69. The van der Waals surface area contributed by atoms with E-state index in [1.165, 1.54) is 18.2 Å². The lowest BCUT2D eigenvalue weighted by Gasteiger charge is -2.14. The standard InChI is InChI=1S/C18H17ClF3NO3/c1-11-3-5-14(7-12(11)2)25-9-17(24)23-15-8-13(19)4-6-16(15)26-10-18(20,21)22/h3-8H,9-10H2,1-2H3,(H,23,24). The van der Waals surface area contributed by atoms with Crippen LogP contribution in [0.25, 0.3) is 0 Å². The third-order valence-corrected chi connectivity index (χ3v) is 3.69. The van der Waals surface area contributed by atoms with Gasteiger partial charge in [-0.15, -0.1) is 0 Å². The third-order valence-electron chi connectivity index (χ3n) is 3.46. The van der Waals surface area contributed by atoms with Crippen LogP contribution < -0.4 is 14.8 Å². The van der Waals surface area contributed by atoms with Crippen molar-refractivity contribution in [3.63, 3.8) is 0 Å². The maximum Gasteiger partial charge on any atom is 0.422 e. The summed E-state index contributed by atoms with van der Waals surface area (Å²) in [6.07, 6.45) is -4.49. The SMILES string of the molecule is Cc1ccc(OCC(=O)Nc2cc(Cl)ccc2OCC(F)(F)F)cc1C. The zero-order valence-corrected chi connectivity index (χ0v) is 14.9. The van der Waals surface area contributed by atoms with E-state index in [2.05, 4.69) is 5.32 Å². The van der Waals surface area contributed by atoms with E-state index < -0.39 is 18.7 Å². The zero-order valence-electron chi connectivity index (χ0n) is 14.1. The highest BCUT2D eigenvalue weighted by Gasteiger charge is 2.29. The molecule has 0 aliphatic rings. The van der Waals surface area contributed by atoms with Gasteiger partial charge in [-0.2, -0.15) is 13.2 Å². The molecule has 0 heterocycles. The molecule has 0 bridgehead atoms. The van der Waals surface area contributed by atoms with Gasteiger partial charge in [0.25, 0.3) is 5.91 Å². The minimum Gasteiger partial charge on any atom is -0.484 e. The van der Waals surface area contributed by atoms with Crippen LogP contribution in [0.15, 0.2) is 36.4 Å². The second-order valence-corrected chi connectivity index (χ2v) is 6.06. The van der Waals surface area contributed by atoms with Crippen molar-refractivity contribution < 1.29 is 27.4 Å². The van der Waals surface area contributed by atoms with E-state index in [-0.39, 0.29) is 23.1 Å². The molecule has 140 valence electrons. The Kier molecular flexibility index (Phi) is 6.37. The molecule has 4 nitrogen and oxygen atoms in total. The Morgan fingerprint density at radius 1 is 1.08 bits per heavy atom. The average molecular weight is 388 g/mol. The van der Waals surface area contributed by atoms with Gasteiger partial charge in [0, 0.05) is 5.02 Å². The average Bonchev–Trinajstić information content (AvgIpc) is 2.54. The number of hydrogen-bond donors (Lipinski definition) is 1. The van der Waals surface area contributed by atoms with Gasteiger partial charge >= 0.3 is 6.18 Å². The number of aryl methyl sites for hydroxylation is 2. The van der Waals surface area contributed by atoms with Crippen LogP contribution in [0.2, 0.25) is 5.02 Å². The molecule has 26 heavy (non-hydrogen) atoms. The summed E-state index contributed by atoms with van der Waals surface area (Å²) >= 11 is 5.84. The van der Waals surface area contributed by atoms with E-state index >= 15 is 0 Å². The second-order valence-electron chi connectivity index (χ2n) is 5.63. The summed E-state index contributed by atoms with van der Waals surface area (Å²) in [5.41, 5.74) is 2.14. The van der Waals surface area contributed by atoms with Gasteiger partial charge in [-0.25, -0.2) is 0 Å². The van der Waals surface area contributed by atoms with Crippen LogP contribution in [-0.4, -0.2) is 25.3 Å². The molecule has 0 aromatic heterocycles. The zero-order chi connectivity index (χ0) is 19.3. The molecule has 1 amide bonds. The first-order chi connectivity index (χ1) is 12.1. The quantitative estimate of drug-likeness (QED) is 0.765. The molecular weight excluding hydrogens is 371 g/mol. The van der Waals surface area contributed by atoms with E-state index in [0.29, 0.717) is 5.75 Å². The molecule has 0 unspecified atom stereocenters. The van der Waals surface area contributed by atoms with Crippen molar-refractivity contribution in [2.45, 2.75) is 20.0 Å². The van der Waals surface area contributed by atoms with Crippen LogP contribution in [0.1, 0.15) is 11.1 Å². The Morgan fingerprint density at radius 2 is 1.81 bits per heavy atom. The lowest BCUT2D eigenvalue weighted by molar-refractivity contribution is -0.153. The molecule has 0 radical (unpaired) electrons. The minimum absolute atomic E-state index is 0.0374. The van der Waals surface area contributed by atoms with Crippen molar-refractivity contribution in [3.05, 3.63) is 52.5 Å². The number of rotatable bonds is 6. The highest BCUT2D eigenvalue weighted by Crippen LogP contribution is 2.29. The van der Waals surface area contributed by atoms with E-state index in [0.717, 1.165) is 11.1 Å². The summed E-state index contributed by atoms with van der Waals surface area (Å²) in [5.74, 6) is -0.170. The van der Waals surface area contributed by atoms with Gasteiger partial charge in [0.1, 0.15) is 11.5 Å². The molecule has 0 aliphatic carbocycles. The summed E-state index contributed by atoms with van der Waals surface area (Å²) in [4.78, 5) is 12.0. The van der Waals surface area contributed by atoms with Crippen LogP contribution in [-0.2, 0) is 4.79 Å². The first-order valence-electron chi connectivity index (χ1n) is 7.63. The molecule has 8 heteroatoms. The number of hydrogen-bond acceptors (Lipinski definition) is 3. The van der Waals surface area contributed by atoms with Gasteiger partial charge in [0.15, 0.2) is 13.2 Å². The molecule has 0 fully saturated rings. The number of carbonyl (C=O) groups is 1. The van der Waals surface area contributed by atoms with E-state index in [9.17, 15) is 18.0 Å². The molecule has 2 aromatic carbocycles. The van der Waals surface area contributed by atoms with Gasteiger partial charge in [0.05, 0.1) is 5.69 Å². The Hall–Kier alpha value is -2.41. The monoisotopic (exact) mass is 387 g/mol. The number of anilines is 1. The van der Waals surface area contributed by atoms with Gasteiger partial charge in [0.2, 0.25) is 0 Å². The summed E-state index contributed by atoms with van der Waals surface area (Å²) in [6, 6.07) is 9.32. The van der Waals surface area contributed by atoms with Crippen molar-refractivity contribution >= 4 is 23.2 Å². The van der Waals surface area contributed by atoms with Crippen molar-refractivity contribution in [2.75, 3.05) is 18.5 Å². The molecule has 2 aromatic rings. The fourth-order valence-electron chi connectivity index (χ4n) is 2.02. The van der Waals surface area contributed by atoms with Crippen LogP contribution in [0, 0.1) is 13.8 Å². The number of ether oxygens (including phenoxy) is 2. The van der Waals surface area contributed by atoms with Gasteiger partial charge < -0.3 is 14.8 Å². The lowest BCUT2D eigenvalue weighted by Crippen LogP contribution is -2.22. The fourth-order valence-corrected chi connectivity index (χ4v) is 2.20. The molecule has 0 spiro atoms. The number of amides is 1. The van der Waals surface area contributed by atoms with Crippen molar-refractivity contribution in [3.8, 4) is 11.5 Å². The van der Waals surface area contributed by atoms with Crippen molar-refractivity contribution in [1.82, 2.24) is 0 Å². The molecule has 0 aliphatic heterocycles. The molecule has 0 atom stereocenters. The first kappa shape index (κ1) is 19.9. The van der Waals surface area contributed by atoms with Gasteiger partial charge in [-0.3, -0.25) is 4.79 Å². The van der Waals surface area contributed by atoms with E-state index in [4.69, 9.17) is 21.1 Å². The summed E-state index contributed by atoms with van der Waals surface area (Å²) in [7, 11) is 0. The van der Waals surface area contributed by atoms with Crippen LogP contribution in [0.5, 0.6) is 11.5 Å². The topological polar surface area (TPSA) is 47.6 Å². The molecule has 0 saturated carbocycles. The van der Waals surface area contributed by atoms with E-state index in [1.807, 2.05) is 19.9 Å². The Labute approximate surface area is 153 Å². The predicted octanol–water partition coefficient (Wildman–Crippen LogP) is 4.92. The van der Waals surface area contributed by atoms with Crippen LogP contribution in [0.4, 0.5) is 18.9 Å². The normalized spacial score (nSPS) is 11.2. The lowest BCUT2D eigenvalue weighted by atomic mass is 10.1. The molecule has 1 N–H and O–H groups in total. The Balaban J connectivity index is 2.01. The van der Waals surface area contributed by atoms with Gasteiger partial charge in [-0.05, 0) is 55.3 Å². The molecule has 2 rings (SSSR count). The largest absolute Gasteiger partial charge is 0.484 e. The molecule has 0 saturated heterocycles. The number of benzene rings is 2. The first-order valence-corrected chi connectivity index (χ1v) is 8.01. The highest BCUT2D eigenvalue weighted by molar-refractivity contribution is 6.31. The predicted molar refractivity (Wildman–Crippen MR) is 93.0 cm³/mol. The van der Waals surface area contributed by atoms with Crippen LogP contribution in [0.3, 0.4) is 0 Å². The maximum absolute atomic E-state index is 12.3. The smallest absolute Gasteiger partial charge is 0.422 e. The number of alkyl halides is 3. The van der Waals surface area contributed by atoms with Crippen LogP contribution >= 0.6 is 11.6 Å². The Bertz CT molecular complexity index is 794. The minimum atomic E-state index is -4.49. The number of nitrogens with one attached hydrogen (secondary N) is 1. The van der Waals surface area contributed by atoms with Crippen molar-refractivity contribution in [2.24, 2.45) is 0 Å². The highest BCUT2D eigenvalue weighted by atomic mass is 35.5. The number of halogens is 4. The maximum atomic E-state index is 12.3. The van der Waals surface area contributed by atoms with Gasteiger partial charge in [-0.1, -0.05) is 17.7 Å². The summed E-state index contributed by atoms with van der Waals surface area (Å²) < 4.78 is 47.1. The number of carbonyl (C=O) groups excluding carboxylic acids is 1. The summed E-state index contributed by atoms with van der Waals surface area (Å²) in [6.45, 7) is 2.08. The third kappa shape index (κ3) is 6.15. The second kappa shape index (κ2) is 8.31. The van der Waals surface area contributed by atoms with Crippen molar-refractivity contribution in [1.29, 1.82) is 0 Å². The molecular formula is C18H17ClF3NO3. The fraction of sp³-hybridized carbons (Fsp3) is 0.278. The Morgan fingerprint density at radius 3 is 2.46 bits per heavy atom.